The summed E-state index contributed by atoms with van der Waals surface area (Å²) >= 11 is 0. The fourth-order valence-electron chi connectivity index (χ4n) is 4.05. The maximum absolute atomic E-state index is 12.9. The molecule has 178 valence electrons. The molecule has 0 aromatic heterocycles. The van der Waals surface area contributed by atoms with Crippen molar-refractivity contribution in [2.24, 2.45) is 5.11 Å². The average Bonchev–Trinajstić information content (AvgIpc) is 3.17. The van der Waals surface area contributed by atoms with Gasteiger partial charge in [-0.15, -0.1) is 0 Å². The van der Waals surface area contributed by atoms with Gasteiger partial charge in [-0.05, 0) is 41.1 Å². The summed E-state index contributed by atoms with van der Waals surface area (Å²) in [7, 11) is 1.48. The van der Waals surface area contributed by atoms with Crippen molar-refractivity contribution >= 4 is 17.9 Å². The number of ether oxygens (including phenoxy) is 1. The first kappa shape index (κ1) is 24.6. The summed E-state index contributed by atoms with van der Waals surface area (Å²) in [6, 6.07) is 15.1. The number of carbonyl (C=O) groups excluding carboxylic acids is 3. The van der Waals surface area contributed by atoms with Gasteiger partial charge >= 0.3 is 6.09 Å². The van der Waals surface area contributed by atoms with E-state index in [1.807, 2.05) is 36.4 Å². The molecular weight excluding hydrogens is 436 g/mol. The Morgan fingerprint density at radius 1 is 1.12 bits per heavy atom. The molecule has 0 saturated heterocycles. The van der Waals surface area contributed by atoms with Crippen LogP contribution in [0.25, 0.3) is 21.6 Å². The zero-order valence-electron chi connectivity index (χ0n) is 19.2. The molecule has 1 aliphatic carbocycles. The first-order chi connectivity index (χ1) is 16.5. The van der Waals surface area contributed by atoms with Crippen LogP contribution in [0.4, 0.5) is 4.79 Å². The number of hydrogen-bond acceptors (Lipinski definition) is 5. The van der Waals surface area contributed by atoms with Crippen LogP contribution < -0.4 is 10.6 Å². The molecule has 0 spiro atoms. The van der Waals surface area contributed by atoms with Gasteiger partial charge in [0.25, 0.3) is 0 Å². The number of azide groups is 1. The second-order valence-corrected chi connectivity index (χ2v) is 7.93. The molecule has 2 aromatic rings. The Bertz CT molecular complexity index is 1050. The Morgan fingerprint density at radius 3 is 2.32 bits per heavy atom. The molecule has 0 radical (unpaired) electrons. The molecule has 10 heteroatoms. The van der Waals surface area contributed by atoms with Gasteiger partial charge in [-0.1, -0.05) is 53.6 Å². The molecule has 2 N–H and O–H groups in total. The third-order valence-electron chi connectivity index (χ3n) is 5.72. The van der Waals surface area contributed by atoms with Gasteiger partial charge in [-0.3, -0.25) is 9.59 Å². The van der Waals surface area contributed by atoms with E-state index in [9.17, 15) is 14.4 Å². The van der Waals surface area contributed by atoms with Gasteiger partial charge < -0.3 is 20.3 Å². The monoisotopic (exact) mass is 464 g/mol. The summed E-state index contributed by atoms with van der Waals surface area (Å²) in [5.74, 6) is -0.863. The first-order valence-electron chi connectivity index (χ1n) is 11.1. The molecule has 0 bridgehead atoms. The van der Waals surface area contributed by atoms with Crippen LogP contribution in [0.5, 0.6) is 0 Å². The molecule has 3 amide bonds. The molecule has 0 fully saturated rings. The smallest absolute Gasteiger partial charge is 0.407 e. The van der Waals surface area contributed by atoms with E-state index in [0.717, 1.165) is 22.3 Å². The molecule has 0 unspecified atom stereocenters. The largest absolute Gasteiger partial charge is 0.449 e. The van der Waals surface area contributed by atoms with Crippen LogP contribution in [0.2, 0.25) is 0 Å². The Hall–Kier alpha value is -4.04. The minimum absolute atomic E-state index is 0.0883. The Labute approximate surface area is 197 Å². The summed E-state index contributed by atoms with van der Waals surface area (Å²) < 4.78 is 5.50. The second kappa shape index (κ2) is 11.7. The molecule has 10 nitrogen and oxygen atoms in total. The lowest BCUT2D eigenvalue weighted by molar-refractivity contribution is -0.137. The molecule has 1 aliphatic rings. The Kier molecular flexibility index (Phi) is 8.48. The highest BCUT2D eigenvalue weighted by atomic mass is 16.5. The van der Waals surface area contributed by atoms with Crippen LogP contribution in [0.1, 0.15) is 30.4 Å². The van der Waals surface area contributed by atoms with E-state index in [2.05, 4.69) is 32.8 Å². The maximum atomic E-state index is 12.9. The van der Waals surface area contributed by atoms with E-state index in [0.29, 0.717) is 6.42 Å². The number of fused-ring (bicyclic) bond motifs is 3. The lowest BCUT2D eigenvalue weighted by Gasteiger charge is -2.25. The minimum Gasteiger partial charge on any atom is -0.449 e. The van der Waals surface area contributed by atoms with E-state index >= 15 is 0 Å². The van der Waals surface area contributed by atoms with E-state index in [4.69, 9.17) is 10.3 Å². The average molecular weight is 465 g/mol. The van der Waals surface area contributed by atoms with Gasteiger partial charge in [0.15, 0.2) is 0 Å². The summed E-state index contributed by atoms with van der Waals surface area (Å²) in [5.41, 5.74) is 12.8. The number of carbonyl (C=O) groups is 3. The molecule has 0 aliphatic heterocycles. The van der Waals surface area contributed by atoms with Crippen molar-refractivity contribution in [2.75, 3.05) is 33.3 Å². The number of rotatable bonds is 10. The van der Waals surface area contributed by atoms with Crippen LogP contribution in [0.3, 0.4) is 0 Å². The summed E-state index contributed by atoms with van der Waals surface area (Å²) in [5, 5.41) is 8.47. The third kappa shape index (κ3) is 5.85. The van der Waals surface area contributed by atoms with Crippen LogP contribution in [0, 0.1) is 0 Å². The third-order valence-corrected chi connectivity index (χ3v) is 5.72. The lowest BCUT2D eigenvalue weighted by Crippen LogP contribution is -2.50. The van der Waals surface area contributed by atoms with Gasteiger partial charge in [0.2, 0.25) is 11.8 Å². The molecule has 2 aromatic carbocycles. The molecule has 0 saturated carbocycles. The van der Waals surface area contributed by atoms with Crippen LogP contribution in [-0.4, -0.2) is 62.1 Å². The van der Waals surface area contributed by atoms with Crippen molar-refractivity contribution in [1.82, 2.24) is 15.5 Å². The number of nitrogens with one attached hydrogen (secondary N) is 2. The van der Waals surface area contributed by atoms with Crippen LogP contribution in [-0.2, 0) is 14.3 Å². The Morgan fingerprint density at radius 2 is 1.74 bits per heavy atom. The van der Waals surface area contributed by atoms with Crippen molar-refractivity contribution in [3.05, 3.63) is 70.1 Å². The quantitative estimate of drug-likeness (QED) is 0.241. The molecular formula is C24H28N6O4. The highest BCUT2D eigenvalue weighted by Gasteiger charge is 2.30. The van der Waals surface area contributed by atoms with E-state index in [-0.39, 0.29) is 38.1 Å². The van der Waals surface area contributed by atoms with E-state index in [1.54, 1.807) is 0 Å². The Balaban J connectivity index is 1.59. The van der Waals surface area contributed by atoms with Crippen molar-refractivity contribution < 1.29 is 19.1 Å². The number of alkyl carbamates (subject to hydrolysis) is 1. The van der Waals surface area contributed by atoms with Crippen molar-refractivity contribution in [2.45, 2.75) is 25.3 Å². The minimum atomic E-state index is -0.903. The number of nitrogens with zero attached hydrogens (tertiary/aromatic N) is 4. The predicted octanol–water partition coefficient (Wildman–Crippen LogP) is 3.19. The standard InChI is InChI=1S/C24H28N6O4/c1-16(23(32)30(14-22(31)26-2)13-7-12-27-29-25)28-24(33)34-15-21-19-10-5-3-8-17(19)18-9-4-6-11-20(18)21/h3-6,8-11,16,21H,7,12-15H2,1-2H3,(H,26,31)(H,28,33)/t16-/m0/s1. The normalized spacial score (nSPS) is 12.5. The molecule has 34 heavy (non-hydrogen) atoms. The van der Waals surface area contributed by atoms with Gasteiger partial charge in [0.1, 0.15) is 12.6 Å². The first-order valence-corrected chi connectivity index (χ1v) is 11.1. The highest BCUT2D eigenvalue weighted by Crippen LogP contribution is 2.44. The van der Waals surface area contributed by atoms with Crippen LogP contribution >= 0.6 is 0 Å². The zero-order chi connectivity index (χ0) is 24.5. The maximum Gasteiger partial charge on any atom is 0.407 e. The topological polar surface area (TPSA) is 136 Å². The molecule has 3 rings (SSSR count). The highest BCUT2D eigenvalue weighted by molar-refractivity contribution is 5.89. The van der Waals surface area contributed by atoms with Gasteiger partial charge in [-0.2, -0.15) is 0 Å². The van der Waals surface area contributed by atoms with Crippen molar-refractivity contribution in [3.63, 3.8) is 0 Å². The van der Waals surface area contributed by atoms with Crippen molar-refractivity contribution in [1.29, 1.82) is 0 Å². The van der Waals surface area contributed by atoms with Gasteiger partial charge in [-0.25, -0.2) is 4.79 Å². The molecule has 0 heterocycles. The van der Waals surface area contributed by atoms with Gasteiger partial charge in [0.05, 0.1) is 6.54 Å². The number of benzene rings is 2. The molecule has 1 atom stereocenters. The predicted molar refractivity (Wildman–Crippen MR) is 127 cm³/mol. The fourth-order valence-corrected chi connectivity index (χ4v) is 4.05. The summed E-state index contributed by atoms with van der Waals surface area (Å²) in [6.45, 7) is 1.91. The fraction of sp³-hybridized carbons (Fsp3) is 0.375. The zero-order valence-corrected chi connectivity index (χ0v) is 19.2. The van der Waals surface area contributed by atoms with Crippen LogP contribution in [0.15, 0.2) is 53.6 Å². The van der Waals surface area contributed by atoms with E-state index in [1.165, 1.54) is 18.9 Å². The second-order valence-electron chi connectivity index (χ2n) is 7.93. The van der Waals surface area contributed by atoms with E-state index < -0.39 is 18.0 Å². The summed E-state index contributed by atoms with van der Waals surface area (Å²) in [6.07, 6.45) is -0.318. The summed E-state index contributed by atoms with van der Waals surface area (Å²) in [4.78, 5) is 41.2. The number of hydrogen-bond donors (Lipinski definition) is 2. The number of likely N-dealkylation sites (N-methyl/N-ethyl adjacent to an activating group) is 1. The lowest BCUT2D eigenvalue weighted by atomic mass is 9.98. The van der Waals surface area contributed by atoms with Gasteiger partial charge in [0, 0.05) is 31.0 Å². The number of amides is 3. The SMILES string of the molecule is CNC(=O)CN(CCCN=[N+]=[N-])C(=O)[C@H](C)NC(=O)OCC1c2ccccc2-c2ccccc21. The van der Waals surface area contributed by atoms with Crippen molar-refractivity contribution in [3.8, 4) is 11.1 Å².